The zero-order chi connectivity index (χ0) is 26.3. The van der Waals surface area contributed by atoms with Crippen molar-refractivity contribution in [3.63, 3.8) is 0 Å². The highest BCUT2D eigenvalue weighted by molar-refractivity contribution is 7.80. The number of rotatable bonds is 20. The van der Waals surface area contributed by atoms with E-state index < -0.39 is 47.0 Å². The Morgan fingerprint density at radius 3 is 1.89 bits per heavy atom. The van der Waals surface area contributed by atoms with E-state index in [2.05, 4.69) is 12.6 Å². The standard InChI is InChI=1S/C24H37F5O5S/c1-17(24(29)18(23(30)31)19(25)20(26)21(27)22(24)28)34-15-14-33-13-12-32-11-9-7-5-3-2-4-6-8-10-16-35/h17-18,35H,2-16H2,1H3,(H,30,31). The lowest BCUT2D eigenvalue weighted by atomic mass is 9.79. The summed E-state index contributed by atoms with van der Waals surface area (Å²) in [6.07, 6.45) is 8.74. The van der Waals surface area contributed by atoms with Gasteiger partial charge >= 0.3 is 5.97 Å². The minimum absolute atomic E-state index is 0.0734. The Labute approximate surface area is 209 Å². The van der Waals surface area contributed by atoms with E-state index in [0.29, 0.717) is 13.2 Å². The van der Waals surface area contributed by atoms with E-state index in [1.165, 1.54) is 44.9 Å². The fourth-order valence-electron chi connectivity index (χ4n) is 3.79. The van der Waals surface area contributed by atoms with Gasteiger partial charge in [0.1, 0.15) is 0 Å². The molecule has 11 heteroatoms. The Morgan fingerprint density at radius 2 is 1.34 bits per heavy atom. The van der Waals surface area contributed by atoms with Gasteiger partial charge in [0.25, 0.3) is 0 Å². The Morgan fingerprint density at radius 1 is 0.857 bits per heavy atom. The summed E-state index contributed by atoms with van der Waals surface area (Å²) >= 11 is 4.20. The van der Waals surface area contributed by atoms with Gasteiger partial charge in [-0.3, -0.25) is 4.79 Å². The smallest absolute Gasteiger partial charge is 0.317 e. The first kappa shape index (κ1) is 31.9. The van der Waals surface area contributed by atoms with Crippen molar-refractivity contribution in [1.29, 1.82) is 0 Å². The molecule has 0 aromatic heterocycles. The van der Waals surface area contributed by atoms with Crippen LogP contribution < -0.4 is 0 Å². The number of halogens is 5. The van der Waals surface area contributed by atoms with Crippen molar-refractivity contribution in [2.45, 2.75) is 76.5 Å². The van der Waals surface area contributed by atoms with Crippen LogP contribution in [0.5, 0.6) is 0 Å². The first-order chi connectivity index (χ1) is 16.7. The largest absolute Gasteiger partial charge is 0.481 e. The van der Waals surface area contributed by atoms with E-state index in [4.69, 9.17) is 19.3 Å². The van der Waals surface area contributed by atoms with Crippen LogP contribution in [-0.2, 0) is 19.0 Å². The van der Waals surface area contributed by atoms with Crippen molar-refractivity contribution >= 4 is 18.6 Å². The third-order valence-corrected chi connectivity index (χ3v) is 6.17. The monoisotopic (exact) mass is 532 g/mol. The summed E-state index contributed by atoms with van der Waals surface area (Å²) in [5.41, 5.74) is -3.75. The lowest BCUT2D eigenvalue weighted by Crippen LogP contribution is -2.51. The second-order valence-electron chi connectivity index (χ2n) is 8.47. The molecular weight excluding hydrogens is 495 g/mol. The third kappa shape index (κ3) is 10.0. The minimum Gasteiger partial charge on any atom is -0.481 e. The number of hydrogen-bond acceptors (Lipinski definition) is 5. The average molecular weight is 533 g/mol. The number of carboxylic acid groups (broad SMARTS) is 1. The van der Waals surface area contributed by atoms with Crippen molar-refractivity contribution in [2.24, 2.45) is 5.92 Å². The second kappa shape index (κ2) is 17.3. The minimum atomic E-state index is -3.75. The zero-order valence-electron chi connectivity index (χ0n) is 20.2. The molecule has 0 heterocycles. The summed E-state index contributed by atoms with van der Waals surface area (Å²) in [6, 6.07) is 0. The number of ether oxygens (including phenoxy) is 3. The van der Waals surface area contributed by atoms with Crippen LogP contribution in [0.2, 0.25) is 0 Å². The van der Waals surface area contributed by atoms with Crippen LogP contribution in [-0.4, -0.2) is 61.6 Å². The maximum absolute atomic E-state index is 15.2. The SMILES string of the molecule is CC(OCCOCCOCCCCCCCCCCCS)C1(F)C(F)=C(F)C(F)=C(F)C1C(=O)O. The van der Waals surface area contributed by atoms with Crippen LogP contribution in [0.15, 0.2) is 23.3 Å². The summed E-state index contributed by atoms with van der Waals surface area (Å²) in [5.74, 6) is -13.5. The van der Waals surface area contributed by atoms with Crippen LogP contribution in [0.3, 0.4) is 0 Å². The van der Waals surface area contributed by atoms with Gasteiger partial charge in [-0.05, 0) is 25.5 Å². The molecule has 0 bridgehead atoms. The number of unbranched alkanes of at least 4 members (excludes halogenated alkanes) is 8. The zero-order valence-corrected chi connectivity index (χ0v) is 21.1. The highest BCUT2D eigenvalue weighted by Crippen LogP contribution is 2.49. The summed E-state index contributed by atoms with van der Waals surface area (Å²) in [4.78, 5) is 11.2. The molecule has 1 N–H and O–H groups in total. The molecule has 0 fully saturated rings. The van der Waals surface area contributed by atoms with Crippen LogP contribution in [0, 0.1) is 5.92 Å². The van der Waals surface area contributed by atoms with E-state index in [9.17, 15) is 22.4 Å². The lowest BCUT2D eigenvalue weighted by Gasteiger charge is -2.36. The molecule has 5 nitrogen and oxygen atoms in total. The van der Waals surface area contributed by atoms with Crippen molar-refractivity contribution < 1.29 is 46.1 Å². The normalized spacial score (nSPS) is 21.6. The highest BCUT2D eigenvalue weighted by Gasteiger charge is 2.60. The third-order valence-electron chi connectivity index (χ3n) is 5.86. The molecule has 1 rings (SSSR count). The molecule has 0 saturated carbocycles. The summed E-state index contributed by atoms with van der Waals surface area (Å²) in [5, 5.41) is 9.05. The van der Waals surface area contributed by atoms with Gasteiger partial charge in [0, 0.05) is 6.61 Å². The molecule has 0 spiro atoms. The number of carboxylic acids is 1. The van der Waals surface area contributed by atoms with Gasteiger partial charge < -0.3 is 19.3 Å². The Balaban J connectivity index is 2.16. The van der Waals surface area contributed by atoms with Crippen LogP contribution in [0.25, 0.3) is 0 Å². The summed E-state index contributed by atoms with van der Waals surface area (Å²) in [6.45, 7) is 1.67. The molecule has 0 aromatic carbocycles. The topological polar surface area (TPSA) is 65.0 Å². The number of thiol groups is 1. The number of allylic oxidation sites excluding steroid dienone is 2. The lowest BCUT2D eigenvalue weighted by molar-refractivity contribution is -0.153. The van der Waals surface area contributed by atoms with Crippen LogP contribution >= 0.6 is 12.6 Å². The molecule has 0 aliphatic heterocycles. The van der Waals surface area contributed by atoms with Gasteiger partial charge in [-0.2, -0.15) is 12.6 Å². The fraction of sp³-hybridized carbons (Fsp3) is 0.792. The molecular formula is C24H37F5O5S. The number of aliphatic carboxylic acids is 1. The summed E-state index contributed by atoms with van der Waals surface area (Å²) < 4.78 is 85.8. The molecule has 0 aromatic rings. The molecule has 3 atom stereocenters. The Kier molecular flexibility index (Phi) is 15.8. The quantitative estimate of drug-likeness (QED) is 0.105. The molecule has 0 saturated heterocycles. The molecule has 35 heavy (non-hydrogen) atoms. The van der Waals surface area contributed by atoms with Gasteiger partial charge in [-0.25, -0.2) is 22.0 Å². The maximum atomic E-state index is 15.2. The van der Waals surface area contributed by atoms with Crippen LogP contribution in [0.4, 0.5) is 22.0 Å². The number of carbonyl (C=O) groups is 1. The van der Waals surface area contributed by atoms with Gasteiger partial charge in [-0.1, -0.05) is 44.9 Å². The van der Waals surface area contributed by atoms with Gasteiger partial charge in [-0.15, -0.1) is 0 Å². The first-order valence-electron chi connectivity index (χ1n) is 12.1. The maximum Gasteiger partial charge on any atom is 0.317 e. The Bertz CT molecular complexity index is 706. The van der Waals surface area contributed by atoms with Gasteiger partial charge in [0.05, 0.1) is 32.5 Å². The molecule has 0 amide bonds. The fourth-order valence-corrected chi connectivity index (χ4v) is 4.01. The van der Waals surface area contributed by atoms with Crippen molar-refractivity contribution in [3.8, 4) is 0 Å². The van der Waals surface area contributed by atoms with Crippen LogP contribution in [0.1, 0.15) is 64.7 Å². The van der Waals surface area contributed by atoms with Crippen molar-refractivity contribution in [1.82, 2.24) is 0 Å². The predicted molar refractivity (Wildman–Crippen MR) is 126 cm³/mol. The molecule has 1 aliphatic carbocycles. The van der Waals surface area contributed by atoms with E-state index in [-0.39, 0.29) is 19.8 Å². The molecule has 1 aliphatic rings. The first-order valence-corrected chi connectivity index (χ1v) is 12.7. The Hall–Kier alpha value is -1.17. The van der Waals surface area contributed by atoms with E-state index in [1.807, 2.05) is 0 Å². The van der Waals surface area contributed by atoms with Crippen molar-refractivity contribution in [2.75, 3.05) is 38.8 Å². The van der Waals surface area contributed by atoms with E-state index >= 15 is 4.39 Å². The molecule has 0 radical (unpaired) electrons. The highest BCUT2D eigenvalue weighted by atomic mass is 32.1. The average Bonchev–Trinajstić information content (AvgIpc) is 2.83. The van der Waals surface area contributed by atoms with Gasteiger partial charge in [0.15, 0.2) is 29.2 Å². The number of alkyl halides is 1. The number of hydrogen-bond donors (Lipinski definition) is 2. The summed E-state index contributed by atoms with van der Waals surface area (Å²) in [7, 11) is 0. The molecule has 3 unspecified atom stereocenters. The predicted octanol–water partition coefficient (Wildman–Crippen LogP) is 6.59. The van der Waals surface area contributed by atoms with E-state index in [0.717, 1.165) is 25.5 Å². The van der Waals surface area contributed by atoms with Crippen molar-refractivity contribution in [3.05, 3.63) is 23.3 Å². The van der Waals surface area contributed by atoms with Gasteiger partial charge in [0.2, 0.25) is 5.67 Å². The van der Waals surface area contributed by atoms with E-state index in [1.54, 1.807) is 0 Å². The molecule has 204 valence electrons. The second-order valence-corrected chi connectivity index (χ2v) is 8.92.